The van der Waals surface area contributed by atoms with Crippen molar-refractivity contribution in [2.75, 3.05) is 30.4 Å². The zero-order valence-corrected chi connectivity index (χ0v) is 13.1. The Hall–Kier alpha value is -2.81. The summed E-state index contributed by atoms with van der Waals surface area (Å²) in [7, 11) is 1.69. The molecule has 1 aromatic heterocycles. The Labute approximate surface area is 135 Å². The van der Waals surface area contributed by atoms with Crippen molar-refractivity contribution >= 4 is 11.5 Å². The van der Waals surface area contributed by atoms with E-state index in [1.807, 2.05) is 18.2 Å². The Bertz CT molecular complexity index is 712. The summed E-state index contributed by atoms with van der Waals surface area (Å²) in [5.41, 5.74) is 1.43. The molecule has 1 aliphatic heterocycles. The lowest BCUT2D eigenvalue weighted by Crippen LogP contribution is -2.42. The van der Waals surface area contributed by atoms with Crippen LogP contribution in [0.4, 0.5) is 11.5 Å². The van der Waals surface area contributed by atoms with Crippen LogP contribution in [0.3, 0.4) is 0 Å². The number of nitriles is 1. The molecular formula is C17H19N5O. The maximum atomic E-state index is 9.13. The van der Waals surface area contributed by atoms with Gasteiger partial charge in [0.2, 0.25) is 0 Å². The molecule has 1 saturated heterocycles. The molecule has 1 atom stereocenters. The van der Waals surface area contributed by atoms with E-state index in [1.165, 1.54) is 6.20 Å². The maximum absolute atomic E-state index is 9.13. The summed E-state index contributed by atoms with van der Waals surface area (Å²) < 4.78 is 5.46. The summed E-state index contributed by atoms with van der Waals surface area (Å²) in [6.45, 7) is 1.83. The van der Waals surface area contributed by atoms with Gasteiger partial charge in [0.25, 0.3) is 0 Å². The van der Waals surface area contributed by atoms with Gasteiger partial charge in [0.1, 0.15) is 11.8 Å². The van der Waals surface area contributed by atoms with Gasteiger partial charge in [0.15, 0.2) is 11.5 Å². The molecule has 3 rings (SSSR count). The Morgan fingerprint density at radius 2 is 2.13 bits per heavy atom. The van der Waals surface area contributed by atoms with Gasteiger partial charge >= 0.3 is 0 Å². The Balaban J connectivity index is 1.75. The van der Waals surface area contributed by atoms with Crippen LogP contribution < -0.4 is 15.0 Å². The first kappa shape index (κ1) is 15.1. The van der Waals surface area contributed by atoms with Crippen LogP contribution in [0.2, 0.25) is 0 Å². The first-order valence-corrected chi connectivity index (χ1v) is 7.67. The molecular weight excluding hydrogens is 290 g/mol. The van der Waals surface area contributed by atoms with Gasteiger partial charge in [-0.2, -0.15) is 5.26 Å². The van der Waals surface area contributed by atoms with Crippen molar-refractivity contribution in [3.63, 3.8) is 0 Å². The minimum absolute atomic E-state index is 0.220. The third-order valence-corrected chi connectivity index (χ3v) is 3.99. The second-order valence-electron chi connectivity index (χ2n) is 5.47. The summed E-state index contributed by atoms with van der Waals surface area (Å²) in [5.74, 6) is 1.44. The van der Waals surface area contributed by atoms with Crippen LogP contribution in [0.15, 0.2) is 36.7 Å². The summed E-state index contributed by atoms with van der Waals surface area (Å²) in [4.78, 5) is 10.6. The van der Waals surface area contributed by atoms with Crippen molar-refractivity contribution in [2.24, 2.45) is 0 Å². The van der Waals surface area contributed by atoms with E-state index in [1.54, 1.807) is 13.3 Å². The van der Waals surface area contributed by atoms with Crippen molar-refractivity contribution in [1.29, 1.82) is 5.26 Å². The zero-order valence-electron chi connectivity index (χ0n) is 13.1. The molecule has 0 radical (unpaired) electrons. The number of methoxy groups -OCH3 is 1. The predicted molar refractivity (Wildman–Crippen MR) is 88.6 cm³/mol. The van der Waals surface area contributed by atoms with Crippen LogP contribution in [-0.2, 0) is 0 Å². The average Bonchev–Trinajstić information content (AvgIpc) is 2.62. The number of hydrogen-bond acceptors (Lipinski definition) is 6. The van der Waals surface area contributed by atoms with Gasteiger partial charge in [-0.1, -0.05) is 12.1 Å². The fourth-order valence-electron chi connectivity index (χ4n) is 2.92. The number of piperidine rings is 1. The summed E-state index contributed by atoms with van der Waals surface area (Å²) >= 11 is 0. The molecule has 23 heavy (non-hydrogen) atoms. The third kappa shape index (κ3) is 3.34. The molecule has 2 heterocycles. The number of benzene rings is 1. The SMILES string of the molecule is COc1ccccc1N1CCC[C@H](Nc2nccnc2C#N)C1. The van der Waals surface area contributed by atoms with Crippen LogP contribution in [0.1, 0.15) is 18.5 Å². The van der Waals surface area contributed by atoms with Gasteiger partial charge in [0, 0.05) is 31.5 Å². The summed E-state index contributed by atoms with van der Waals surface area (Å²) in [6, 6.07) is 10.3. The number of nitrogens with one attached hydrogen (secondary N) is 1. The van der Waals surface area contributed by atoms with Crippen molar-refractivity contribution in [2.45, 2.75) is 18.9 Å². The smallest absolute Gasteiger partial charge is 0.182 e. The fourth-order valence-corrected chi connectivity index (χ4v) is 2.92. The van der Waals surface area contributed by atoms with Gasteiger partial charge < -0.3 is 15.0 Å². The van der Waals surface area contributed by atoms with E-state index in [9.17, 15) is 0 Å². The second kappa shape index (κ2) is 6.97. The molecule has 1 aliphatic rings. The van der Waals surface area contributed by atoms with E-state index in [2.05, 4.69) is 32.3 Å². The molecule has 0 saturated carbocycles. The Morgan fingerprint density at radius 3 is 2.96 bits per heavy atom. The van der Waals surface area contributed by atoms with Gasteiger partial charge in [-0.15, -0.1) is 0 Å². The van der Waals surface area contributed by atoms with E-state index in [-0.39, 0.29) is 6.04 Å². The number of hydrogen-bond donors (Lipinski definition) is 1. The van der Waals surface area contributed by atoms with Crippen LogP contribution in [0, 0.1) is 11.3 Å². The molecule has 0 bridgehead atoms. The number of anilines is 2. The van der Waals surface area contributed by atoms with Crippen molar-refractivity contribution < 1.29 is 4.74 Å². The average molecular weight is 309 g/mol. The number of ether oxygens (including phenoxy) is 1. The quantitative estimate of drug-likeness (QED) is 0.935. The Kier molecular flexibility index (Phi) is 4.57. The molecule has 0 unspecified atom stereocenters. The summed E-state index contributed by atoms with van der Waals surface area (Å²) in [5, 5.41) is 12.5. The largest absolute Gasteiger partial charge is 0.495 e. The molecule has 1 N–H and O–H groups in total. The first-order chi connectivity index (χ1) is 11.3. The highest BCUT2D eigenvalue weighted by Crippen LogP contribution is 2.30. The minimum atomic E-state index is 0.220. The molecule has 6 heteroatoms. The summed E-state index contributed by atoms with van der Waals surface area (Å²) in [6.07, 6.45) is 5.24. The standard InChI is InChI=1S/C17H19N5O/c1-23-16-7-3-2-6-15(16)22-10-4-5-13(12-22)21-17-14(11-18)19-8-9-20-17/h2-3,6-9,13H,4-5,10,12H2,1H3,(H,20,21)/t13-/m0/s1. The lowest BCUT2D eigenvalue weighted by molar-refractivity contribution is 0.411. The van der Waals surface area contributed by atoms with Crippen LogP contribution in [0.25, 0.3) is 0 Å². The van der Waals surface area contributed by atoms with Gasteiger partial charge in [-0.05, 0) is 25.0 Å². The molecule has 1 aromatic carbocycles. The highest BCUT2D eigenvalue weighted by atomic mass is 16.5. The number of para-hydroxylation sites is 2. The lowest BCUT2D eigenvalue weighted by Gasteiger charge is -2.35. The monoisotopic (exact) mass is 309 g/mol. The lowest BCUT2D eigenvalue weighted by atomic mass is 10.0. The molecule has 1 fully saturated rings. The molecule has 6 nitrogen and oxygen atoms in total. The number of aromatic nitrogens is 2. The molecule has 2 aromatic rings. The van der Waals surface area contributed by atoms with E-state index in [0.29, 0.717) is 11.5 Å². The van der Waals surface area contributed by atoms with E-state index >= 15 is 0 Å². The first-order valence-electron chi connectivity index (χ1n) is 7.67. The van der Waals surface area contributed by atoms with Gasteiger partial charge in [-0.25, -0.2) is 9.97 Å². The van der Waals surface area contributed by atoms with Crippen molar-refractivity contribution in [3.05, 3.63) is 42.4 Å². The topological polar surface area (TPSA) is 74.1 Å². The maximum Gasteiger partial charge on any atom is 0.182 e. The van der Waals surface area contributed by atoms with Crippen LogP contribution in [0.5, 0.6) is 5.75 Å². The zero-order chi connectivity index (χ0) is 16.1. The van der Waals surface area contributed by atoms with Gasteiger partial charge in [-0.3, -0.25) is 0 Å². The van der Waals surface area contributed by atoms with E-state index < -0.39 is 0 Å². The molecule has 0 aliphatic carbocycles. The Morgan fingerprint density at radius 1 is 1.30 bits per heavy atom. The van der Waals surface area contributed by atoms with E-state index in [4.69, 9.17) is 10.00 Å². The highest BCUT2D eigenvalue weighted by molar-refractivity contribution is 5.59. The van der Waals surface area contributed by atoms with Crippen LogP contribution >= 0.6 is 0 Å². The normalized spacial score (nSPS) is 17.4. The number of rotatable bonds is 4. The third-order valence-electron chi connectivity index (χ3n) is 3.99. The second-order valence-corrected chi connectivity index (χ2v) is 5.47. The highest BCUT2D eigenvalue weighted by Gasteiger charge is 2.23. The molecule has 0 spiro atoms. The number of nitrogens with zero attached hydrogens (tertiary/aromatic N) is 4. The van der Waals surface area contributed by atoms with Crippen molar-refractivity contribution in [3.8, 4) is 11.8 Å². The molecule has 118 valence electrons. The molecule has 0 amide bonds. The van der Waals surface area contributed by atoms with Gasteiger partial charge in [0.05, 0.1) is 12.8 Å². The minimum Gasteiger partial charge on any atom is -0.495 e. The predicted octanol–water partition coefficient (Wildman–Crippen LogP) is 2.44. The van der Waals surface area contributed by atoms with Crippen LogP contribution in [-0.4, -0.2) is 36.2 Å². The fraction of sp³-hybridized carbons (Fsp3) is 0.353. The van der Waals surface area contributed by atoms with E-state index in [0.717, 1.165) is 37.4 Å². The van der Waals surface area contributed by atoms with Crippen molar-refractivity contribution in [1.82, 2.24) is 9.97 Å².